The highest BCUT2D eigenvalue weighted by molar-refractivity contribution is 8.18. The Morgan fingerprint density at radius 2 is 2.11 bits per heavy atom. The van der Waals surface area contributed by atoms with Crippen molar-refractivity contribution >= 4 is 40.5 Å². The molecule has 0 atom stereocenters. The van der Waals surface area contributed by atoms with E-state index in [0.29, 0.717) is 21.6 Å². The number of amides is 1. The van der Waals surface area contributed by atoms with Crippen LogP contribution in [0.5, 0.6) is 0 Å². The van der Waals surface area contributed by atoms with Gasteiger partial charge in [-0.2, -0.15) is 0 Å². The minimum absolute atomic E-state index is 0.127. The number of thioether (sulfide) groups is 1. The first-order valence-electron chi connectivity index (χ1n) is 5.31. The fraction of sp³-hybridized carbons (Fsp3) is 0.0769. The van der Waals surface area contributed by atoms with Gasteiger partial charge in [0, 0.05) is 5.02 Å². The van der Waals surface area contributed by atoms with E-state index in [1.807, 2.05) is 18.2 Å². The number of aliphatic imine (C=N–C) groups is 1. The third-order valence-electron chi connectivity index (χ3n) is 2.18. The van der Waals surface area contributed by atoms with E-state index in [1.165, 1.54) is 11.8 Å². The summed E-state index contributed by atoms with van der Waals surface area (Å²) in [6.45, 7) is 4.08. The van der Waals surface area contributed by atoms with Gasteiger partial charge in [0.05, 0.1) is 11.4 Å². The van der Waals surface area contributed by atoms with Crippen molar-refractivity contribution in [3.05, 3.63) is 52.4 Å². The van der Waals surface area contributed by atoms with E-state index in [2.05, 4.69) is 16.9 Å². The van der Waals surface area contributed by atoms with Crippen LogP contribution >= 0.6 is 23.4 Å². The van der Waals surface area contributed by atoms with Gasteiger partial charge in [0.15, 0.2) is 5.17 Å². The van der Waals surface area contributed by atoms with Crippen molar-refractivity contribution in [2.75, 3.05) is 6.54 Å². The zero-order valence-electron chi connectivity index (χ0n) is 9.52. The number of nitrogens with zero attached hydrogens (tertiary/aromatic N) is 1. The average molecular weight is 279 g/mol. The Morgan fingerprint density at radius 3 is 2.78 bits per heavy atom. The smallest absolute Gasteiger partial charge is 0.264 e. The Kier molecular flexibility index (Phi) is 4.23. The fourth-order valence-corrected chi connectivity index (χ4v) is 2.32. The largest absolute Gasteiger partial charge is 0.301 e. The van der Waals surface area contributed by atoms with Crippen LogP contribution in [0.15, 0.2) is 46.8 Å². The maximum atomic E-state index is 11.7. The number of carbonyl (C=O) groups excluding carboxylic acids is 1. The number of hydrogen-bond donors (Lipinski definition) is 1. The third-order valence-corrected chi connectivity index (χ3v) is 3.38. The summed E-state index contributed by atoms with van der Waals surface area (Å²) in [7, 11) is 0. The number of halogens is 1. The van der Waals surface area contributed by atoms with E-state index < -0.39 is 0 Å². The monoisotopic (exact) mass is 278 g/mol. The van der Waals surface area contributed by atoms with Crippen molar-refractivity contribution in [3.63, 3.8) is 0 Å². The van der Waals surface area contributed by atoms with Crippen molar-refractivity contribution in [1.82, 2.24) is 5.32 Å². The lowest BCUT2D eigenvalue weighted by Gasteiger charge is -1.95. The molecule has 1 aromatic carbocycles. The molecule has 0 radical (unpaired) electrons. The molecular weight excluding hydrogens is 268 g/mol. The van der Waals surface area contributed by atoms with Gasteiger partial charge in [0.2, 0.25) is 0 Å². The van der Waals surface area contributed by atoms with Crippen molar-refractivity contribution < 1.29 is 4.79 Å². The van der Waals surface area contributed by atoms with Gasteiger partial charge in [0.1, 0.15) is 0 Å². The Morgan fingerprint density at radius 1 is 1.39 bits per heavy atom. The number of nitrogens with one attached hydrogen (secondary N) is 1. The van der Waals surface area contributed by atoms with Gasteiger partial charge < -0.3 is 5.32 Å². The Bertz CT molecular complexity index is 534. The standard InChI is InChI=1S/C13H11ClN2OS/c1-2-7-15-13-16-12(17)11(18-13)8-9-3-5-10(14)6-4-9/h2-6,8H,1,7H2,(H,15,16,17)/b11-8-. The quantitative estimate of drug-likeness (QED) is 0.682. The number of amidine groups is 1. The van der Waals surface area contributed by atoms with Gasteiger partial charge >= 0.3 is 0 Å². The molecule has 1 N–H and O–H groups in total. The summed E-state index contributed by atoms with van der Waals surface area (Å²) in [4.78, 5) is 16.5. The van der Waals surface area contributed by atoms with Gasteiger partial charge in [-0.25, -0.2) is 0 Å². The molecule has 1 fully saturated rings. The summed E-state index contributed by atoms with van der Waals surface area (Å²) in [6.07, 6.45) is 3.49. The zero-order chi connectivity index (χ0) is 13.0. The second kappa shape index (κ2) is 5.89. The molecular formula is C13H11ClN2OS. The van der Waals surface area contributed by atoms with Crippen LogP contribution in [0, 0.1) is 0 Å². The molecule has 0 bridgehead atoms. The molecule has 0 aromatic heterocycles. The zero-order valence-corrected chi connectivity index (χ0v) is 11.1. The molecule has 0 saturated carbocycles. The molecule has 92 valence electrons. The second-order valence-electron chi connectivity index (χ2n) is 3.55. The Hall–Kier alpha value is -1.52. The lowest BCUT2D eigenvalue weighted by Crippen LogP contribution is -2.19. The van der Waals surface area contributed by atoms with Crippen molar-refractivity contribution in [2.24, 2.45) is 4.99 Å². The third kappa shape index (κ3) is 3.24. The first-order valence-corrected chi connectivity index (χ1v) is 6.50. The highest BCUT2D eigenvalue weighted by atomic mass is 35.5. The number of hydrogen-bond acceptors (Lipinski definition) is 3. The van der Waals surface area contributed by atoms with Gasteiger partial charge in [-0.05, 0) is 35.5 Å². The molecule has 1 amide bonds. The molecule has 0 unspecified atom stereocenters. The number of rotatable bonds is 3. The van der Waals surface area contributed by atoms with E-state index in [0.717, 1.165) is 5.56 Å². The topological polar surface area (TPSA) is 41.5 Å². The van der Waals surface area contributed by atoms with E-state index in [4.69, 9.17) is 11.6 Å². The molecule has 0 spiro atoms. The summed E-state index contributed by atoms with van der Waals surface area (Å²) in [6, 6.07) is 7.31. The predicted molar refractivity (Wildman–Crippen MR) is 77.7 cm³/mol. The van der Waals surface area contributed by atoms with Crippen LogP contribution in [0.1, 0.15) is 5.56 Å². The maximum Gasteiger partial charge on any atom is 0.264 e. The van der Waals surface area contributed by atoms with Crippen LogP contribution in [-0.4, -0.2) is 17.6 Å². The van der Waals surface area contributed by atoms with Crippen LogP contribution in [0.25, 0.3) is 6.08 Å². The first-order chi connectivity index (χ1) is 8.69. The van der Waals surface area contributed by atoms with Crippen molar-refractivity contribution in [3.8, 4) is 0 Å². The lowest BCUT2D eigenvalue weighted by atomic mass is 10.2. The van der Waals surface area contributed by atoms with Crippen molar-refractivity contribution in [2.45, 2.75) is 0 Å². The summed E-state index contributed by atoms with van der Waals surface area (Å²) in [5.41, 5.74) is 0.932. The van der Waals surface area contributed by atoms with E-state index >= 15 is 0 Å². The molecule has 1 heterocycles. The Labute approximate surface area is 115 Å². The second-order valence-corrected chi connectivity index (χ2v) is 5.02. The molecule has 0 aliphatic carbocycles. The molecule has 3 nitrogen and oxygen atoms in total. The van der Waals surface area contributed by atoms with Crippen molar-refractivity contribution in [1.29, 1.82) is 0 Å². The molecule has 1 aliphatic heterocycles. The number of benzene rings is 1. The molecule has 1 saturated heterocycles. The highest BCUT2D eigenvalue weighted by Gasteiger charge is 2.23. The van der Waals surface area contributed by atoms with Gasteiger partial charge in [0.25, 0.3) is 5.91 Å². The van der Waals surface area contributed by atoms with Gasteiger partial charge in [-0.15, -0.1) is 6.58 Å². The van der Waals surface area contributed by atoms with Gasteiger partial charge in [-0.3, -0.25) is 9.79 Å². The average Bonchev–Trinajstić information content (AvgIpc) is 2.70. The van der Waals surface area contributed by atoms with Gasteiger partial charge in [-0.1, -0.05) is 29.8 Å². The first kappa shape index (κ1) is 12.9. The number of carbonyl (C=O) groups is 1. The van der Waals surface area contributed by atoms with Crippen LogP contribution in [0.4, 0.5) is 0 Å². The van der Waals surface area contributed by atoms with Crippen LogP contribution < -0.4 is 5.32 Å². The minimum atomic E-state index is -0.127. The SMILES string of the molecule is C=CCN=C1NC(=O)/C(=C/c2ccc(Cl)cc2)S1. The van der Waals surface area contributed by atoms with E-state index in [9.17, 15) is 4.79 Å². The lowest BCUT2D eigenvalue weighted by molar-refractivity contribution is -0.115. The van der Waals surface area contributed by atoms with Crippen LogP contribution in [0.3, 0.4) is 0 Å². The predicted octanol–water partition coefficient (Wildman–Crippen LogP) is 3.09. The molecule has 1 aromatic rings. The summed E-state index contributed by atoms with van der Waals surface area (Å²) in [5, 5.41) is 3.99. The van der Waals surface area contributed by atoms with E-state index in [-0.39, 0.29) is 5.91 Å². The highest BCUT2D eigenvalue weighted by Crippen LogP contribution is 2.26. The summed E-state index contributed by atoms with van der Waals surface area (Å²) in [5.74, 6) is -0.127. The van der Waals surface area contributed by atoms with E-state index in [1.54, 1.807) is 18.2 Å². The maximum absolute atomic E-state index is 11.7. The molecule has 2 rings (SSSR count). The molecule has 5 heteroatoms. The van der Waals surface area contributed by atoms with Crippen LogP contribution in [0.2, 0.25) is 5.02 Å². The fourth-order valence-electron chi connectivity index (χ4n) is 1.36. The van der Waals surface area contributed by atoms with Crippen LogP contribution in [-0.2, 0) is 4.79 Å². The minimum Gasteiger partial charge on any atom is -0.301 e. The molecule has 1 aliphatic rings. The molecule has 18 heavy (non-hydrogen) atoms. The summed E-state index contributed by atoms with van der Waals surface area (Å²) >= 11 is 7.13. The summed E-state index contributed by atoms with van der Waals surface area (Å²) < 4.78 is 0. The Balaban J connectivity index is 2.16. The normalized spacial score (nSPS) is 19.3.